The van der Waals surface area contributed by atoms with Gasteiger partial charge >= 0.3 is 16.8 Å². The van der Waals surface area contributed by atoms with Gasteiger partial charge in [-0.05, 0) is 23.3 Å². The van der Waals surface area contributed by atoms with Gasteiger partial charge in [-0.2, -0.15) is 0 Å². The first kappa shape index (κ1) is 27.1. The third-order valence-electron chi connectivity index (χ3n) is 4.76. The molecule has 5 heteroatoms. The van der Waals surface area contributed by atoms with Gasteiger partial charge in [0.15, 0.2) is 11.6 Å². The van der Waals surface area contributed by atoms with E-state index in [1.807, 2.05) is 24.3 Å². The van der Waals surface area contributed by atoms with Crippen LogP contribution in [-0.4, -0.2) is 11.6 Å². The second kappa shape index (κ2) is 14.2. The Bertz CT molecular complexity index is 1160. The number of allylic oxidation sites excluding steroid dienone is 2. The summed E-state index contributed by atoms with van der Waals surface area (Å²) in [5.74, 6) is -1.06. The number of hydrogen-bond donors (Lipinski definition) is 0. The molecule has 4 nitrogen and oxygen atoms in total. The number of benzene rings is 4. The molecule has 0 bridgehead atoms. The van der Waals surface area contributed by atoms with E-state index in [0.29, 0.717) is 22.3 Å². The Hall–Kier alpha value is -4.19. The van der Waals surface area contributed by atoms with Crippen molar-refractivity contribution in [2.45, 2.75) is 0 Å². The Morgan fingerprint density at radius 1 is 0.429 bits per heavy atom. The van der Waals surface area contributed by atoms with Crippen molar-refractivity contribution in [2.24, 2.45) is 0 Å². The zero-order valence-electron chi connectivity index (χ0n) is 18.7. The Balaban J connectivity index is 0.000000240. The van der Waals surface area contributed by atoms with Gasteiger partial charge in [-0.15, -0.1) is 0 Å². The zero-order chi connectivity index (χ0) is 24.2. The van der Waals surface area contributed by atoms with Crippen molar-refractivity contribution in [1.29, 1.82) is 0 Å². The van der Waals surface area contributed by atoms with E-state index in [0.717, 1.165) is 12.2 Å². The van der Waals surface area contributed by atoms with E-state index < -0.39 is 0 Å². The normalized spacial score (nSPS) is 10.9. The van der Waals surface area contributed by atoms with Crippen LogP contribution in [0.1, 0.15) is 31.8 Å². The Morgan fingerprint density at radius 3 is 0.914 bits per heavy atom. The molecule has 0 N–H and O–H groups in total. The molecule has 0 aliphatic rings. The fraction of sp³-hybridized carbons (Fsp3) is 0. The summed E-state index contributed by atoms with van der Waals surface area (Å²) in [5.41, 5.74) is 2.10. The third-order valence-corrected chi connectivity index (χ3v) is 4.76. The molecule has 4 aromatic rings. The maximum atomic E-state index is 11.8. The standard InChI is InChI=1S/2C15H12O2.Co/c2*16-14(12-7-3-1-4-8-12)11-15(17)13-9-5-2-6-10-13;/h2*1-11,16H;/q;;+2/p-2. The summed E-state index contributed by atoms with van der Waals surface area (Å²) in [6.45, 7) is 0. The Labute approximate surface area is 215 Å². The van der Waals surface area contributed by atoms with Crippen molar-refractivity contribution in [3.63, 3.8) is 0 Å². The second-order valence-corrected chi connectivity index (χ2v) is 7.21. The van der Waals surface area contributed by atoms with Crippen molar-refractivity contribution in [1.82, 2.24) is 0 Å². The first-order valence-corrected chi connectivity index (χ1v) is 10.6. The molecule has 0 saturated heterocycles. The summed E-state index contributed by atoms with van der Waals surface area (Å²) in [6.07, 6.45) is 2.26. The summed E-state index contributed by atoms with van der Waals surface area (Å²) in [6, 6.07) is 35.0. The summed E-state index contributed by atoms with van der Waals surface area (Å²) >= 11 is 0. The van der Waals surface area contributed by atoms with E-state index in [4.69, 9.17) is 0 Å². The maximum absolute atomic E-state index is 11.8. The maximum Gasteiger partial charge on any atom is 2.00 e. The van der Waals surface area contributed by atoms with E-state index in [1.54, 1.807) is 97.1 Å². The van der Waals surface area contributed by atoms with Crippen molar-refractivity contribution in [2.75, 3.05) is 0 Å². The molecule has 0 atom stereocenters. The van der Waals surface area contributed by atoms with E-state index in [1.165, 1.54) is 0 Å². The van der Waals surface area contributed by atoms with Crippen LogP contribution in [0.15, 0.2) is 133 Å². The average molecular weight is 505 g/mol. The number of rotatable bonds is 6. The molecule has 0 aliphatic carbocycles. The molecule has 0 unspecified atom stereocenters. The smallest absolute Gasteiger partial charge is 0.872 e. The van der Waals surface area contributed by atoms with Gasteiger partial charge < -0.3 is 10.2 Å². The fourth-order valence-corrected chi connectivity index (χ4v) is 2.98. The SMILES string of the molecule is O=C(C=C([O-])c1ccccc1)c1ccccc1.O=C(C=C([O-])c1ccccc1)c1ccccc1.[Co+2]. The van der Waals surface area contributed by atoms with Gasteiger partial charge in [0.25, 0.3) is 0 Å². The van der Waals surface area contributed by atoms with Crippen LogP contribution in [0.2, 0.25) is 0 Å². The topological polar surface area (TPSA) is 80.3 Å². The summed E-state index contributed by atoms with van der Waals surface area (Å²) in [7, 11) is 0. The average Bonchev–Trinajstić information content (AvgIpc) is 2.91. The number of carbonyl (C=O) groups is 2. The Morgan fingerprint density at radius 2 is 0.657 bits per heavy atom. The van der Waals surface area contributed by atoms with Gasteiger partial charge in [0.1, 0.15) is 0 Å². The van der Waals surface area contributed by atoms with Crippen molar-refractivity contribution in [3.05, 3.63) is 156 Å². The zero-order valence-corrected chi connectivity index (χ0v) is 19.7. The molecular weight excluding hydrogens is 483 g/mol. The molecule has 0 aliphatic heterocycles. The predicted molar refractivity (Wildman–Crippen MR) is 130 cm³/mol. The quantitative estimate of drug-likeness (QED) is 0.219. The molecule has 4 rings (SSSR count). The summed E-state index contributed by atoms with van der Waals surface area (Å²) < 4.78 is 0. The minimum Gasteiger partial charge on any atom is -0.872 e. The van der Waals surface area contributed by atoms with E-state index in [2.05, 4.69) is 0 Å². The van der Waals surface area contributed by atoms with E-state index in [9.17, 15) is 19.8 Å². The molecular formula is C30H22CoO4. The van der Waals surface area contributed by atoms with Crippen LogP contribution in [0.3, 0.4) is 0 Å². The molecule has 35 heavy (non-hydrogen) atoms. The second-order valence-electron chi connectivity index (χ2n) is 7.21. The number of hydrogen-bond acceptors (Lipinski definition) is 4. The van der Waals surface area contributed by atoms with Crippen LogP contribution in [0, 0.1) is 0 Å². The summed E-state index contributed by atoms with van der Waals surface area (Å²) in [4.78, 5) is 23.5. The van der Waals surface area contributed by atoms with Gasteiger partial charge in [-0.25, -0.2) is 0 Å². The molecule has 0 fully saturated rings. The van der Waals surface area contributed by atoms with Gasteiger partial charge in [-0.1, -0.05) is 133 Å². The minimum absolute atomic E-state index is 0. The molecule has 0 amide bonds. The van der Waals surface area contributed by atoms with Gasteiger partial charge in [0.05, 0.1) is 0 Å². The molecule has 175 valence electrons. The van der Waals surface area contributed by atoms with E-state index in [-0.39, 0.29) is 39.9 Å². The molecule has 0 spiro atoms. The van der Waals surface area contributed by atoms with Crippen LogP contribution in [-0.2, 0) is 16.8 Å². The fourth-order valence-electron chi connectivity index (χ4n) is 2.98. The summed E-state index contributed by atoms with van der Waals surface area (Å²) in [5, 5.41) is 23.5. The first-order valence-electron chi connectivity index (χ1n) is 10.6. The van der Waals surface area contributed by atoms with Crippen molar-refractivity contribution in [3.8, 4) is 0 Å². The van der Waals surface area contributed by atoms with Crippen LogP contribution in [0.5, 0.6) is 0 Å². The van der Waals surface area contributed by atoms with Crippen LogP contribution in [0.4, 0.5) is 0 Å². The van der Waals surface area contributed by atoms with Crippen LogP contribution in [0.25, 0.3) is 11.5 Å². The minimum atomic E-state index is -0.264. The third kappa shape index (κ3) is 8.59. The van der Waals surface area contributed by atoms with Gasteiger partial charge in [0.2, 0.25) is 0 Å². The van der Waals surface area contributed by atoms with Crippen molar-refractivity contribution >= 4 is 23.1 Å². The molecule has 0 saturated carbocycles. The van der Waals surface area contributed by atoms with Crippen molar-refractivity contribution < 1.29 is 36.6 Å². The molecule has 0 aromatic heterocycles. The Kier molecular flexibility index (Phi) is 10.9. The molecule has 1 radical (unpaired) electrons. The molecule has 0 heterocycles. The number of carbonyl (C=O) groups excluding carboxylic acids is 2. The molecule has 4 aromatic carbocycles. The number of ketones is 2. The van der Waals surface area contributed by atoms with Crippen LogP contribution < -0.4 is 10.2 Å². The van der Waals surface area contributed by atoms with Gasteiger partial charge in [-0.3, -0.25) is 9.59 Å². The first-order chi connectivity index (χ1) is 16.5. The van der Waals surface area contributed by atoms with E-state index >= 15 is 0 Å². The van der Waals surface area contributed by atoms with Gasteiger partial charge in [0, 0.05) is 11.1 Å². The van der Waals surface area contributed by atoms with Crippen LogP contribution >= 0.6 is 0 Å². The predicted octanol–water partition coefficient (Wildman–Crippen LogP) is 4.54. The largest absolute Gasteiger partial charge is 2.00 e. The monoisotopic (exact) mass is 505 g/mol.